The maximum Gasteiger partial charge on any atom is 0.182 e. The quantitative estimate of drug-likeness (QED) is 0.768. The second-order valence-corrected chi connectivity index (χ2v) is 5.52. The van der Waals surface area contributed by atoms with Gasteiger partial charge in [0.1, 0.15) is 5.82 Å². The van der Waals surface area contributed by atoms with E-state index in [0.29, 0.717) is 18.3 Å². The van der Waals surface area contributed by atoms with Crippen molar-refractivity contribution in [1.82, 2.24) is 20.0 Å². The predicted molar refractivity (Wildman–Crippen MR) is 80.7 cm³/mol. The molecule has 0 bridgehead atoms. The molecule has 0 aliphatic heterocycles. The molecule has 5 heteroatoms. The van der Waals surface area contributed by atoms with Gasteiger partial charge in [-0.2, -0.15) is 10.2 Å². The van der Waals surface area contributed by atoms with Crippen molar-refractivity contribution in [1.29, 1.82) is 0 Å². The van der Waals surface area contributed by atoms with Crippen molar-refractivity contribution in [3.05, 3.63) is 41.1 Å². The molecule has 0 saturated heterocycles. The van der Waals surface area contributed by atoms with Crippen molar-refractivity contribution in [2.75, 3.05) is 5.73 Å². The van der Waals surface area contributed by atoms with Gasteiger partial charge in [-0.25, -0.2) is 4.68 Å². The van der Waals surface area contributed by atoms with E-state index in [0.717, 1.165) is 16.7 Å². The number of aromatic nitrogens is 4. The molecule has 2 heterocycles. The average molecular weight is 269 g/mol. The van der Waals surface area contributed by atoms with E-state index in [2.05, 4.69) is 60.3 Å². The first-order chi connectivity index (χ1) is 9.56. The maximum absolute atomic E-state index is 5.97. The normalized spacial score (nSPS) is 11.6. The first kappa shape index (κ1) is 12.7. The zero-order chi connectivity index (χ0) is 14.3. The average Bonchev–Trinajstić information content (AvgIpc) is 2.92. The summed E-state index contributed by atoms with van der Waals surface area (Å²) in [6.45, 7) is 7.03. The van der Waals surface area contributed by atoms with Gasteiger partial charge in [-0.3, -0.25) is 5.10 Å². The Kier molecular flexibility index (Phi) is 2.97. The Morgan fingerprint density at radius 2 is 2.15 bits per heavy atom. The van der Waals surface area contributed by atoms with Crippen LogP contribution in [0.4, 0.5) is 5.82 Å². The molecule has 3 rings (SSSR count). The van der Waals surface area contributed by atoms with Crippen LogP contribution in [0.5, 0.6) is 0 Å². The summed E-state index contributed by atoms with van der Waals surface area (Å²) in [6, 6.07) is 8.42. The molecule has 5 nitrogen and oxygen atoms in total. The van der Waals surface area contributed by atoms with E-state index in [-0.39, 0.29) is 0 Å². The van der Waals surface area contributed by atoms with Crippen LogP contribution in [-0.4, -0.2) is 20.0 Å². The summed E-state index contributed by atoms with van der Waals surface area (Å²) < 4.78 is 1.92. The van der Waals surface area contributed by atoms with Crippen molar-refractivity contribution in [3.63, 3.8) is 0 Å². The number of H-pyrrole nitrogens is 1. The van der Waals surface area contributed by atoms with Crippen molar-refractivity contribution in [2.45, 2.75) is 33.2 Å². The summed E-state index contributed by atoms with van der Waals surface area (Å²) >= 11 is 0. The maximum atomic E-state index is 5.97. The van der Waals surface area contributed by atoms with Crippen molar-refractivity contribution in [2.24, 2.45) is 0 Å². The summed E-state index contributed by atoms with van der Waals surface area (Å²) in [6.07, 6.45) is 0. The number of nitrogens with one attached hydrogen (secondary N) is 1. The number of hydrogen-bond donors (Lipinski definition) is 2. The van der Waals surface area contributed by atoms with E-state index < -0.39 is 0 Å². The van der Waals surface area contributed by atoms with Gasteiger partial charge in [0, 0.05) is 0 Å². The number of anilines is 1. The number of rotatable bonds is 3. The standard InChI is InChI=1S/C15H19N5/c1-9(2)13-12-14(16)17-18-15(12)20(19-13)8-11-6-4-5-10(3)7-11/h4-7,9H,8H2,1-3H3,(H3,16,17,18). The summed E-state index contributed by atoms with van der Waals surface area (Å²) in [4.78, 5) is 0. The van der Waals surface area contributed by atoms with Crippen LogP contribution in [0.25, 0.3) is 11.0 Å². The number of nitrogen functional groups attached to an aromatic ring is 1. The second kappa shape index (κ2) is 4.67. The monoisotopic (exact) mass is 269 g/mol. The molecule has 0 aliphatic carbocycles. The van der Waals surface area contributed by atoms with Gasteiger partial charge in [-0.05, 0) is 18.4 Å². The zero-order valence-corrected chi connectivity index (χ0v) is 12.0. The van der Waals surface area contributed by atoms with Crippen molar-refractivity contribution >= 4 is 16.9 Å². The Morgan fingerprint density at radius 3 is 2.85 bits per heavy atom. The number of aromatic amines is 1. The fourth-order valence-electron chi connectivity index (χ4n) is 2.51. The van der Waals surface area contributed by atoms with E-state index in [1.165, 1.54) is 11.1 Å². The summed E-state index contributed by atoms with van der Waals surface area (Å²) in [5, 5.41) is 12.8. The Bertz CT molecular complexity index is 751. The van der Waals surface area contributed by atoms with E-state index in [1.807, 2.05) is 4.68 Å². The lowest BCUT2D eigenvalue weighted by Crippen LogP contribution is -2.04. The molecule has 0 unspecified atom stereocenters. The third kappa shape index (κ3) is 2.05. The van der Waals surface area contributed by atoms with Crippen molar-refractivity contribution in [3.8, 4) is 0 Å². The molecule has 3 aromatic rings. The lowest BCUT2D eigenvalue weighted by molar-refractivity contribution is 0.666. The molecular formula is C15H19N5. The Labute approximate surface area is 117 Å². The minimum Gasteiger partial charge on any atom is -0.383 e. The number of fused-ring (bicyclic) bond motifs is 1. The minimum atomic E-state index is 0.316. The highest BCUT2D eigenvalue weighted by molar-refractivity contribution is 5.89. The first-order valence-corrected chi connectivity index (χ1v) is 6.82. The molecule has 0 fully saturated rings. The number of aryl methyl sites for hydroxylation is 1. The SMILES string of the molecule is Cc1cccc(Cn2nc(C(C)C)c3c(N)[nH]nc32)c1. The molecular weight excluding hydrogens is 250 g/mol. The molecule has 104 valence electrons. The van der Waals surface area contributed by atoms with Crippen LogP contribution >= 0.6 is 0 Å². The van der Waals surface area contributed by atoms with Crippen LogP contribution in [-0.2, 0) is 6.54 Å². The Morgan fingerprint density at radius 1 is 1.35 bits per heavy atom. The van der Waals surface area contributed by atoms with Gasteiger partial charge in [-0.15, -0.1) is 0 Å². The smallest absolute Gasteiger partial charge is 0.182 e. The van der Waals surface area contributed by atoms with Crippen LogP contribution in [0, 0.1) is 6.92 Å². The highest BCUT2D eigenvalue weighted by Crippen LogP contribution is 2.28. The summed E-state index contributed by atoms with van der Waals surface area (Å²) in [5.41, 5.74) is 10.3. The van der Waals surface area contributed by atoms with Gasteiger partial charge in [0.2, 0.25) is 0 Å². The molecule has 0 spiro atoms. The predicted octanol–water partition coefficient (Wildman–Crippen LogP) is 2.82. The van der Waals surface area contributed by atoms with Crippen LogP contribution in [0.2, 0.25) is 0 Å². The molecule has 1 aromatic carbocycles. The number of benzene rings is 1. The molecule has 0 saturated carbocycles. The van der Waals surface area contributed by atoms with Gasteiger partial charge >= 0.3 is 0 Å². The Hall–Kier alpha value is -2.30. The van der Waals surface area contributed by atoms with Crippen LogP contribution in [0.15, 0.2) is 24.3 Å². The lowest BCUT2D eigenvalue weighted by Gasteiger charge is -2.04. The van der Waals surface area contributed by atoms with Gasteiger partial charge in [-0.1, -0.05) is 43.7 Å². The first-order valence-electron chi connectivity index (χ1n) is 6.82. The molecule has 0 atom stereocenters. The highest BCUT2D eigenvalue weighted by atomic mass is 15.3. The van der Waals surface area contributed by atoms with E-state index in [9.17, 15) is 0 Å². The topological polar surface area (TPSA) is 72.5 Å². The van der Waals surface area contributed by atoms with Crippen LogP contribution in [0.3, 0.4) is 0 Å². The number of hydrogen-bond acceptors (Lipinski definition) is 3. The van der Waals surface area contributed by atoms with Gasteiger partial charge in [0.25, 0.3) is 0 Å². The fourth-order valence-corrected chi connectivity index (χ4v) is 2.51. The third-order valence-electron chi connectivity index (χ3n) is 3.47. The number of nitrogens with two attached hydrogens (primary N) is 1. The summed E-state index contributed by atoms with van der Waals surface area (Å²) in [7, 11) is 0. The highest BCUT2D eigenvalue weighted by Gasteiger charge is 2.18. The van der Waals surface area contributed by atoms with Gasteiger partial charge < -0.3 is 5.73 Å². The molecule has 2 aromatic heterocycles. The summed E-state index contributed by atoms with van der Waals surface area (Å²) in [5.74, 6) is 0.912. The Balaban J connectivity index is 2.08. The zero-order valence-electron chi connectivity index (χ0n) is 12.0. The lowest BCUT2D eigenvalue weighted by atomic mass is 10.1. The molecule has 20 heavy (non-hydrogen) atoms. The van der Waals surface area contributed by atoms with Gasteiger partial charge in [0.05, 0.1) is 17.6 Å². The van der Waals surface area contributed by atoms with E-state index >= 15 is 0 Å². The molecule has 0 aliphatic rings. The minimum absolute atomic E-state index is 0.316. The second-order valence-electron chi connectivity index (χ2n) is 5.52. The van der Waals surface area contributed by atoms with Gasteiger partial charge in [0.15, 0.2) is 5.65 Å². The van der Waals surface area contributed by atoms with Crippen LogP contribution < -0.4 is 5.73 Å². The van der Waals surface area contributed by atoms with E-state index in [1.54, 1.807) is 0 Å². The van der Waals surface area contributed by atoms with Crippen molar-refractivity contribution < 1.29 is 0 Å². The third-order valence-corrected chi connectivity index (χ3v) is 3.47. The van der Waals surface area contributed by atoms with Crippen LogP contribution in [0.1, 0.15) is 36.6 Å². The molecule has 0 amide bonds. The number of nitrogens with zero attached hydrogens (tertiary/aromatic N) is 3. The molecule has 0 radical (unpaired) electrons. The largest absolute Gasteiger partial charge is 0.383 e. The molecule has 3 N–H and O–H groups in total. The fraction of sp³-hybridized carbons (Fsp3) is 0.333. The van der Waals surface area contributed by atoms with E-state index in [4.69, 9.17) is 5.73 Å².